The van der Waals surface area contributed by atoms with Crippen LogP contribution in [0.2, 0.25) is 0 Å². The monoisotopic (exact) mass is 437 g/mol. The molecule has 4 aromatic rings. The van der Waals surface area contributed by atoms with Gasteiger partial charge in [0.05, 0.1) is 11.3 Å². The van der Waals surface area contributed by atoms with Crippen molar-refractivity contribution in [2.45, 2.75) is 37.5 Å². The fourth-order valence-electron chi connectivity index (χ4n) is 3.70. The number of amides is 1. The van der Waals surface area contributed by atoms with Crippen molar-refractivity contribution in [1.29, 1.82) is 0 Å². The number of halogens is 1. The minimum absolute atomic E-state index is 0.125. The number of benzene rings is 2. The van der Waals surface area contributed by atoms with E-state index in [-0.39, 0.29) is 11.7 Å². The molecule has 1 aliphatic heterocycles. The highest BCUT2D eigenvalue weighted by atomic mass is 32.2. The Morgan fingerprint density at radius 1 is 1.16 bits per heavy atom. The topological polar surface area (TPSA) is 85.8 Å². The number of anilines is 1. The first-order valence-electron chi connectivity index (χ1n) is 10.2. The summed E-state index contributed by atoms with van der Waals surface area (Å²) in [4.78, 5) is 16.8. The summed E-state index contributed by atoms with van der Waals surface area (Å²) in [7, 11) is 0. The minimum atomic E-state index is -0.390. The molecule has 2 aromatic heterocycles. The van der Waals surface area contributed by atoms with Crippen LogP contribution in [-0.4, -0.2) is 31.4 Å². The van der Waals surface area contributed by atoms with Crippen molar-refractivity contribution in [3.05, 3.63) is 54.1 Å². The molecular formula is C22H20FN5O2S. The molecule has 0 radical (unpaired) electrons. The summed E-state index contributed by atoms with van der Waals surface area (Å²) >= 11 is 1.21. The molecule has 2 aromatic carbocycles. The Morgan fingerprint density at radius 2 is 2.06 bits per heavy atom. The van der Waals surface area contributed by atoms with Crippen LogP contribution < -0.4 is 5.32 Å². The molecule has 31 heavy (non-hydrogen) atoms. The molecule has 5 rings (SSSR count). The zero-order valence-electron chi connectivity index (χ0n) is 16.7. The number of rotatable bonds is 5. The van der Waals surface area contributed by atoms with E-state index in [1.165, 1.54) is 17.8 Å². The summed E-state index contributed by atoms with van der Waals surface area (Å²) in [6.45, 7) is 0.773. The van der Waals surface area contributed by atoms with E-state index in [2.05, 4.69) is 20.5 Å². The highest BCUT2D eigenvalue weighted by Crippen LogP contribution is 2.28. The summed E-state index contributed by atoms with van der Waals surface area (Å²) < 4.78 is 22.2. The van der Waals surface area contributed by atoms with Gasteiger partial charge in [0.15, 0.2) is 11.4 Å². The summed E-state index contributed by atoms with van der Waals surface area (Å²) in [5, 5.41) is 11.7. The smallest absolute Gasteiger partial charge is 0.257 e. The Labute approximate surface area is 182 Å². The normalized spacial score (nSPS) is 13.7. The van der Waals surface area contributed by atoms with Gasteiger partial charge in [-0.25, -0.2) is 9.37 Å². The number of fused-ring (bicyclic) bond motifs is 2. The molecule has 0 atom stereocenters. The van der Waals surface area contributed by atoms with Crippen molar-refractivity contribution in [3.8, 4) is 11.4 Å². The zero-order valence-corrected chi connectivity index (χ0v) is 17.5. The van der Waals surface area contributed by atoms with Gasteiger partial charge < -0.3 is 14.3 Å². The van der Waals surface area contributed by atoms with Crippen LogP contribution in [0, 0.1) is 5.82 Å². The Bertz CT molecular complexity index is 1220. The van der Waals surface area contributed by atoms with E-state index in [1.807, 2.05) is 28.8 Å². The van der Waals surface area contributed by atoms with Gasteiger partial charge in [0.2, 0.25) is 5.91 Å². The molecule has 0 fully saturated rings. The van der Waals surface area contributed by atoms with Gasteiger partial charge in [-0.1, -0.05) is 30.3 Å². The molecule has 0 aliphatic carbocycles. The quantitative estimate of drug-likeness (QED) is 0.456. The fourth-order valence-corrected chi connectivity index (χ4v) is 4.33. The zero-order chi connectivity index (χ0) is 21.2. The lowest BCUT2D eigenvalue weighted by molar-refractivity contribution is -0.113. The van der Waals surface area contributed by atoms with Crippen LogP contribution in [0.25, 0.3) is 22.5 Å². The summed E-state index contributed by atoms with van der Waals surface area (Å²) in [6, 6.07) is 11.9. The number of nitrogens with zero attached hydrogens (tertiary/aromatic N) is 4. The molecule has 9 heteroatoms. The molecule has 0 unspecified atom stereocenters. The number of carbonyl (C=O) groups excluding carboxylic acids is 1. The summed E-state index contributed by atoms with van der Waals surface area (Å²) in [5.74, 6) is 0.894. The van der Waals surface area contributed by atoms with Gasteiger partial charge in [0.1, 0.15) is 17.2 Å². The van der Waals surface area contributed by atoms with Gasteiger partial charge in [0, 0.05) is 18.7 Å². The summed E-state index contributed by atoms with van der Waals surface area (Å²) in [6.07, 6.45) is 4.05. The molecule has 0 bridgehead atoms. The van der Waals surface area contributed by atoms with Crippen LogP contribution in [-0.2, 0) is 17.8 Å². The lowest BCUT2D eigenvalue weighted by Gasteiger charge is -2.10. The predicted octanol–water partition coefficient (Wildman–Crippen LogP) is 4.68. The molecule has 158 valence electrons. The van der Waals surface area contributed by atoms with E-state index in [0.29, 0.717) is 27.9 Å². The number of thioether (sulfide) groups is 1. The van der Waals surface area contributed by atoms with Gasteiger partial charge in [0.25, 0.3) is 5.22 Å². The second-order valence-corrected chi connectivity index (χ2v) is 8.31. The first-order chi connectivity index (χ1) is 15.2. The van der Waals surface area contributed by atoms with Crippen molar-refractivity contribution < 1.29 is 13.6 Å². The number of aryl methyl sites for hydroxylation is 1. The predicted molar refractivity (Wildman–Crippen MR) is 116 cm³/mol. The second kappa shape index (κ2) is 8.50. The molecule has 1 N–H and O–H groups in total. The third-order valence-electron chi connectivity index (χ3n) is 5.20. The van der Waals surface area contributed by atoms with Crippen molar-refractivity contribution in [1.82, 2.24) is 19.7 Å². The van der Waals surface area contributed by atoms with E-state index in [1.54, 1.807) is 12.1 Å². The van der Waals surface area contributed by atoms with Gasteiger partial charge in [-0.2, -0.15) is 0 Å². The average Bonchev–Trinajstić information content (AvgIpc) is 3.30. The third-order valence-corrected chi connectivity index (χ3v) is 6.03. The van der Waals surface area contributed by atoms with Gasteiger partial charge in [-0.05, 0) is 43.2 Å². The Hall–Kier alpha value is -3.20. The van der Waals surface area contributed by atoms with Crippen LogP contribution in [0.3, 0.4) is 0 Å². The van der Waals surface area contributed by atoms with Crippen molar-refractivity contribution in [3.63, 3.8) is 0 Å². The number of hydrogen-bond donors (Lipinski definition) is 1. The molecule has 0 spiro atoms. The van der Waals surface area contributed by atoms with Gasteiger partial charge in [-0.3, -0.25) is 4.79 Å². The highest BCUT2D eigenvalue weighted by molar-refractivity contribution is 7.99. The molecule has 0 saturated carbocycles. The molecule has 3 heterocycles. The third kappa shape index (κ3) is 4.18. The van der Waals surface area contributed by atoms with Crippen LogP contribution in [0.4, 0.5) is 10.1 Å². The molecule has 1 amide bonds. The maximum absolute atomic E-state index is 14.6. The molecule has 1 aliphatic rings. The standard InChI is InChI=1S/C22H20FN5O2S/c23-16-10-9-14(12-15(16)21-27-26-19-8-2-1-5-11-28(19)21)24-20(29)13-31-22-25-17-6-3-4-7-18(17)30-22/h3-4,6-7,9-10,12H,1-2,5,8,11,13H2,(H,24,29). The van der Waals surface area contributed by atoms with Crippen LogP contribution in [0.1, 0.15) is 25.1 Å². The molecule has 7 nitrogen and oxygen atoms in total. The Morgan fingerprint density at radius 3 is 2.97 bits per heavy atom. The lowest BCUT2D eigenvalue weighted by Crippen LogP contribution is -2.14. The van der Waals surface area contributed by atoms with E-state index in [9.17, 15) is 9.18 Å². The van der Waals surface area contributed by atoms with Crippen LogP contribution in [0.15, 0.2) is 52.1 Å². The van der Waals surface area contributed by atoms with E-state index in [4.69, 9.17) is 4.42 Å². The number of nitrogens with one attached hydrogen (secondary N) is 1. The number of carbonyl (C=O) groups is 1. The van der Waals surface area contributed by atoms with E-state index < -0.39 is 5.82 Å². The Kier molecular flexibility index (Phi) is 5.42. The van der Waals surface area contributed by atoms with Crippen LogP contribution in [0.5, 0.6) is 0 Å². The van der Waals surface area contributed by atoms with Crippen molar-refractivity contribution >= 4 is 34.5 Å². The lowest BCUT2D eigenvalue weighted by atomic mass is 10.1. The van der Waals surface area contributed by atoms with E-state index >= 15 is 0 Å². The van der Waals surface area contributed by atoms with Gasteiger partial charge >= 0.3 is 0 Å². The number of oxazole rings is 1. The van der Waals surface area contributed by atoms with Crippen molar-refractivity contribution in [2.24, 2.45) is 0 Å². The second-order valence-electron chi connectivity index (χ2n) is 7.38. The van der Waals surface area contributed by atoms with Crippen LogP contribution >= 0.6 is 11.8 Å². The first-order valence-corrected chi connectivity index (χ1v) is 11.2. The largest absolute Gasteiger partial charge is 0.431 e. The summed E-state index contributed by atoms with van der Waals surface area (Å²) in [5.41, 5.74) is 2.28. The highest BCUT2D eigenvalue weighted by Gasteiger charge is 2.19. The maximum atomic E-state index is 14.6. The average molecular weight is 438 g/mol. The van der Waals surface area contributed by atoms with Crippen molar-refractivity contribution in [2.75, 3.05) is 11.1 Å². The fraction of sp³-hybridized carbons (Fsp3) is 0.273. The maximum Gasteiger partial charge on any atom is 0.257 e. The minimum Gasteiger partial charge on any atom is -0.431 e. The van der Waals surface area contributed by atoms with E-state index in [0.717, 1.165) is 43.6 Å². The molecular weight excluding hydrogens is 417 g/mol. The van der Waals surface area contributed by atoms with Gasteiger partial charge in [-0.15, -0.1) is 10.2 Å². The SMILES string of the molecule is O=C(CSc1nc2ccccc2o1)Nc1ccc(F)c(-c2nnc3n2CCCCC3)c1. The first kappa shape index (κ1) is 19.7. The molecule has 0 saturated heterocycles. The number of para-hydroxylation sites is 2. The number of hydrogen-bond acceptors (Lipinski definition) is 6. The number of aromatic nitrogens is 4. The Balaban J connectivity index is 1.30.